The summed E-state index contributed by atoms with van der Waals surface area (Å²) in [6, 6.07) is 7.50. The Kier molecular flexibility index (Phi) is 4.81. The van der Waals surface area contributed by atoms with Crippen LogP contribution in [0, 0.1) is 0 Å². The average Bonchev–Trinajstić information content (AvgIpc) is 2.88. The molecule has 1 aromatic heterocycles. The van der Waals surface area contributed by atoms with Crippen LogP contribution < -0.4 is 0 Å². The first-order valence-electron chi connectivity index (χ1n) is 6.83. The van der Waals surface area contributed by atoms with Gasteiger partial charge in [0.15, 0.2) is 0 Å². The number of rotatable bonds is 5. The van der Waals surface area contributed by atoms with Gasteiger partial charge >= 0.3 is 5.97 Å². The van der Waals surface area contributed by atoms with Crippen LogP contribution in [0.4, 0.5) is 0 Å². The molecule has 0 saturated heterocycles. The molecule has 0 bridgehead atoms. The van der Waals surface area contributed by atoms with Crippen molar-refractivity contribution in [3.8, 4) is 5.69 Å². The molecule has 0 radical (unpaired) electrons. The lowest BCUT2D eigenvalue weighted by Gasteiger charge is -2.08. The van der Waals surface area contributed by atoms with Crippen molar-refractivity contribution in [3.05, 3.63) is 52.3 Å². The number of aryl methyl sites for hydroxylation is 2. The van der Waals surface area contributed by atoms with Crippen molar-refractivity contribution in [2.24, 2.45) is 0 Å². The van der Waals surface area contributed by atoms with E-state index in [0.29, 0.717) is 5.02 Å². The molecule has 2 rings (SSSR count). The molecule has 1 heterocycles. The maximum Gasteiger partial charge on any atom is 0.328 e. The van der Waals surface area contributed by atoms with Crippen LogP contribution >= 0.6 is 11.6 Å². The minimum absolute atomic E-state index is 0.544. The van der Waals surface area contributed by atoms with Gasteiger partial charge in [0.25, 0.3) is 0 Å². The Morgan fingerprint density at radius 1 is 1.33 bits per heavy atom. The van der Waals surface area contributed by atoms with E-state index in [4.69, 9.17) is 16.7 Å². The van der Waals surface area contributed by atoms with Crippen LogP contribution in [0.5, 0.6) is 0 Å². The Morgan fingerprint density at radius 3 is 2.67 bits per heavy atom. The van der Waals surface area contributed by atoms with Crippen molar-refractivity contribution in [1.29, 1.82) is 0 Å². The number of carboxylic acids is 1. The van der Waals surface area contributed by atoms with Crippen LogP contribution in [0.1, 0.15) is 30.8 Å². The third-order valence-corrected chi connectivity index (χ3v) is 3.48. The van der Waals surface area contributed by atoms with Crippen LogP contribution in [-0.4, -0.2) is 20.9 Å². The van der Waals surface area contributed by atoms with Gasteiger partial charge in [0.2, 0.25) is 0 Å². The van der Waals surface area contributed by atoms with Crippen molar-refractivity contribution in [2.75, 3.05) is 0 Å². The summed E-state index contributed by atoms with van der Waals surface area (Å²) in [6.07, 6.45) is 4.34. The van der Waals surface area contributed by atoms with Gasteiger partial charge in [0.1, 0.15) is 0 Å². The van der Waals surface area contributed by atoms with Gasteiger partial charge < -0.3 is 5.11 Å². The van der Waals surface area contributed by atoms with Crippen LogP contribution in [-0.2, 0) is 17.6 Å². The summed E-state index contributed by atoms with van der Waals surface area (Å²) in [5.74, 6) is -0.983. The third kappa shape index (κ3) is 3.52. The highest BCUT2D eigenvalue weighted by Crippen LogP contribution is 2.24. The normalized spacial score (nSPS) is 11.2. The molecule has 0 atom stereocenters. The number of nitrogens with zero attached hydrogens (tertiary/aromatic N) is 2. The van der Waals surface area contributed by atoms with Crippen molar-refractivity contribution in [1.82, 2.24) is 9.78 Å². The lowest BCUT2D eigenvalue weighted by atomic mass is 10.2. The minimum Gasteiger partial charge on any atom is -0.478 e. The number of halogens is 1. The van der Waals surface area contributed by atoms with Crippen LogP contribution in [0.15, 0.2) is 30.3 Å². The fourth-order valence-electron chi connectivity index (χ4n) is 2.07. The molecular formula is C16H17ClN2O2. The quantitative estimate of drug-likeness (QED) is 0.856. The van der Waals surface area contributed by atoms with E-state index >= 15 is 0 Å². The van der Waals surface area contributed by atoms with Gasteiger partial charge in [-0.3, -0.25) is 0 Å². The largest absolute Gasteiger partial charge is 0.478 e. The predicted octanol–water partition coefficient (Wildman–Crippen LogP) is 3.75. The Bertz CT molecular complexity index is 690. The van der Waals surface area contributed by atoms with Gasteiger partial charge in [-0.1, -0.05) is 31.5 Å². The van der Waals surface area contributed by atoms with Crippen LogP contribution in [0.25, 0.3) is 11.8 Å². The molecule has 1 N–H and O–H groups in total. The van der Waals surface area contributed by atoms with Gasteiger partial charge in [-0.25, -0.2) is 9.48 Å². The molecule has 0 amide bonds. The Hall–Kier alpha value is -2.07. The van der Waals surface area contributed by atoms with Gasteiger partial charge in [-0.15, -0.1) is 0 Å². The molecule has 0 aliphatic carbocycles. The molecule has 0 aliphatic heterocycles. The first kappa shape index (κ1) is 15.3. The lowest BCUT2D eigenvalue weighted by molar-refractivity contribution is -0.131. The summed E-state index contributed by atoms with van der Waals surface area (Å²) >= 11 is 6.32. The van der Waals surface area contributed by atoms with Crippen LogP contribution in [0.3, 0.4) is 0 Å². The standard InChI is InChI=1S/C16H17ClN2O2/c1-3-12-10-13(4-2)19(18-12)15-7-5-11(9-14(15)17)6-8-16(20)21/h5-10H,3-4H2,1-2H3,(H,20,21)/b8-6+. The van der Waals surface area contributed by atoms with E-state index in [9.17, 15) is 4.79 Å². The molecule has 0 saturated carbocycles. The predicted molar refractivity (Wildman–Crippen MR) is 84.0 cm³/mol. The van der Waals surface area contributed by atoms with E-state index in [1.54, 1.807) is 6.07 Å². The lowest BCUT2D eigenvalue weighted by Crippen LogP contribution is -2.02. The van der Waals surface area contributed by atoms with Gasteiger partial charge in [0, 0.05) is 11.8 Å². The molecule has 0 unspecified atom stereocenters. The summed E-state index contributed by atoms with van der Waals surface area (Å²) in [5.41, 5.74) is 3.67. The number of hydrogen-bond acceptors (Lipinski definition) is 2. The third-order valence-electron chi connectivity index (χ3n) is 3.18. The number of carboxylic acid groups (broad SMARTS) is 1. The van der Waals surface area contributed by atoms with Crippen LogP contribution in [0.2, 0.25) is 5.02 Å². The topological polar surface area (TPSA) is 55.1 Å². The molecule has 5 heteroatoms. The summed E-state index contributed by atoms with van der Waals surface area (Å²) < 4.78 is 1.85. The summed E-state index contributed by atoms with van der Waals surface area (Å²) in [6.45, 7) is 4.14. The number of aliphatic carboxylic acids is 1. The molecule has 0 fully saturated rings. The fraction of sp³-hybridized carbons (Fsp3) is 0.250. The summed E-state index contributed by atoms with van der Waals surface area (Å²) in [7, 11) is 0. The second-order valence-corrected chi connectivity index (χ2v) is 5.04. The first-order valence-corrected chi connectivity index (χ1v) is 7.21. The van der Waals surface area contributed by atoms with Crippen molar-refractivity contribution in [2.45, 2.75) is 26.7 Å². The van der Waals surface area contributed by atoms with E-state index in [-0.39, 0.29) is 0 Å². The summed E-state index contributed by atoms with van der Waals surface area (Å²) in [4.78, 5) is 10.5. The van der Waals surface area contributed by atoms with E-state index in [1.807, 2.05) is 16.8 Å². The number of aromatic nitrogens is 2. The maximum atomic E-state index is 10.5. The number of benzene rings is 1. The highest BCUT2D eigenvalue weighted by molar-refractivity contribution is 6.32. The molecule has 110 valence electrons. The zero-order valence-corrected chi connectivity index (χ0v) is 12.8. The van der Waals surface area contributed by atoms with Crippen molar-refractivity contribution < 1.29 is 9.90 Å². The minimum atomic E-state index is -0.983. The monoisotopic (exact) mass is 304 g/mol. The average molecular weight is 305 g/mol. The smallest absolute Gasteiger partial charge is 0.328 e. The molecule has 1 aromatic carbocycles. The second-order valence-electron chi connectivity index (χ2n) is 4.63. The Labute approximate surface area is 128 Å². The SMILES string of the molecule is CCc1cc(CC)n(-c2ccc(/C=C/C(=O)O)cc2Cl)n1. The van der Waals surface area contributed by atoms with Gasteiger partial charge in [-0.2, -0.15) is 5.10 Å². The highest BCUT2D eigenvalue weighted by Gasteiger charge is 2.10. The fourth-order valence-corrected chi connectivity index (χ4v) is 2.34. The van der Waals surface area contributed by atoms with Gasteiger partial charge in [0.05, 0.1) is 16.4 Å². The van der Waals surface area contributed by atoms with Crippen molar-refractivity contribution >= 4 is 23.6 Å². The molecular weight excluding hydrogens is 288 g/mol. The van der Waals surface area contributed by atoms with E-state index in [0.717, 1.165) is 41.6 Å². The molecule has 4 nitrogen and oxygen atoms in total. The van der Waals surface area contributed by atoms with E-state index < -0.39 is 5.97 Å². The van der Waals surface area contributed by atoms with E-state index in [2.05, 4.69) is 25.0 Å². The van der Waals surface area contributed by atoms with Crippen molar-refractivity contribution in [3.63, 3.8) is 0 Å². The van der Waals surface area contributed by atoms with Gasteiger partial charge in [-0.05, 0) is 42.7 Å². The molecule has 21 heavy (non-hydrogen) atoms. The highest BCUT2D eigenvalue weighted by atomic mass is 35.5. The molecule has 2 aromatic rings. The van der Waals surface area contributed by atoms with E-state index in [1.165, 1.54) is 6.08 Å². The summed E-state index contributed by atoms with van der Waals surface area (Å²) in [5, 5.41) is 13.7. The zero-order valence-electron chi connectivity index (χ0n) is 12.0. The molecule has 0 spiro atoms. The first-order chi connectivity index (χ1) is 10.0. The number of carbonyl (C=O) groups is 1. The molecule has 0 aliphatic rings. The maximum absolute atomic E-state index is 10.5. The Balaban J connectivity index is 2.41. The number of hydrogen-bond donors (Lipinski definition) is 1. The zero-order chi connectivity index (χ0) is 15.4. The Morgan fingerprint density at radius 2 is 2.10 bits per heavy atom. The second kappa shape index (κ2) is 6.59.